The molecular weight excluding hydrogens is 749 g/mol. The maximum atomic E-state index is 5.62. The SMILES string of the molecule is c1ccc(-c2nn3c(-c4ccccc4)c(-c4cccc(-c5cccc6c5-c5ccccc5C65c6ccccc6-c6ccccc65)c4)c4ccccc4c3c2-c2ccccc2)cc1. The van der Waals surface area contributed by atoms with Crippen molar-refractivity contribution in [3.05, 3.63) is 253 Å². The monoisotopic (exact) mass is 786 g/mol. The van der Waals surface area contributed by atoms with Crippen LogP contribution in [-0.2, 0) is 5.41 Å². The summed E-state index contributed by atoms with van der Waals surface area (Å²) in [6, 6.07) is 84.5. The Morgan fingerprint density at radius 3 is 1.45 bits per heavy atom. The lowest BCUT2D eigenvalue weighted by Gasteiger charge is -2.30. The van der Waals surface area contributed by atoms with Crippen molar-refractivity contribution < 1.29 is 0 Å². The molecule has 288 valence electrons. The maximum absolute atomic E-state index is 5.62. The standard InChI is InChI=1S/C60H38N2/c1-4-20-39(21-5-1)55-57(40-22-6-2-7-23-40)61-62-58(41-24-8-3-9-25-41)54(47-30-10-11-31-48(47)59(55)62)43-27-18-26-42(38-43)44-33-19-37-53-56(44)49-32-14-17-36-52(49)60(53)50-34-15-12-28-45(50)46-29-13-16-35-51(46)60/h1-38H. The molecule has 0 fully saturated rings. The smallest absolute Gasteiger partial charge is 0.101 e. The second-order valence-electron chi connectivity index (χ2n) is 16.5. The average molecular weight is 787 g/mol. The predicted octanol–water partition coefficient (Wildman–Crippen LogP) is 15.2. The van der Waals surface area contributed by atoms with Crippen molar-refractivity contribution >= 4 is 16.3 Å². The van der Waals surface area contributed by atoms with Crippen LogP contribution in [0.4, 0.5) is 0 Å². The molecular formula is C60H38N2. The molecule has 9 aromatic carbocycles. The van der Waals surface area contributed by atoms with E-state index in [9.17, 15) is 0 Å². The van der Waals surface area contributed by atoms with Crippen LogP contribution in [0, 0.1) is 0 Å². The fraction of sp³-hybridized carbons (Fsp3) is 0.0167. The lowest BCUT2D eigenvalue weighted by atomic mass is 9.70. The first kappa shape index (κ1) is 34.8. The molecule has 0 radical (unpaired) electrons. The molecule has 2 heteroatoms. The molecule has 0 saturated heterocycles. The number of hydrogen-bond donors (Lipinski definition) is 0. The van der Waals surface area contributed by atoms with Crippen LogP contribution in [0.1, 0.15) is 22.3 Å². The molecule has 1 spiro atoms. The Kier molecular flexibility index (Phi) is 7.55. The Morgan fingerprint density at radius 1 is 0.306 bits per heavy atom. The van der Waals surface area contributed by atoms with E-state index in [1.54, 1.807) is 0 Å². The lowest BCUT2D eigenvalue weighted by molar-refractivity contribution is 0.794. The fourth-order valence-electron chi connectivity index (χ4n) is 11.0. The Bertz CT molecular complexity index is 3520. The lowest BCUT2D eigenvalue weighted by Crippen LogP contribution is -2.25. The summed E-state index contributed by atoms with van der Waals surface area (Å²) in [5.41, 5.74) is 22.6. The molecule has 0 bridgehead atoms. The molecule has 11 aromatic rings. The van der Waals surface area contributed by atoms with Crippen LogP contribution in [0.2, 0.25) is 0 Å². The predicted molar refractivity (Wildman–Crippen MR) is 256 cm³/mol. The third-order valence-corrected chi connectivity index (χ3v) is 13.4. The van der Waals surface area contributed by atoms with Crippen molar-refractivity contribution in [2.24, 2.45) is 0 Å². The first-order valence-electron chi connectivity index (χ1n) is 21.5. The van der Waals surface area contributed by atoms with Crippen LogP contribution in [0.25, 0.3) is 94.4 Å². The van der Waals surface area contributed by atoms with Gasteiger partial charge in [-0.2, -0.15) is 5.10 Å². The quantitative estimate of drug-likeness (QED) is 0.170. The minimum absolute atomic E-state index is 0.401. The molecule has 2 heterocycles. The highest BCUT2D eigenvalue weighted by molar-refractivity contribution is 6.15. The minimum Gasteiger partial charge on any atom is -0.231 e. The maximum Gasteiger partial charge on any atom is 0.101 e. The van der Waals surface area contributed by atoms with Crippen LogP contribution in [-0.4, -0.2) is 9.61 Å². The first-order chi connectivity index (χ1) is 30.8. The molecule has 0 atom stereocenters. The number of rotatable bonds is 5. The van der Waals surface area contributed by atoms with Gasteiger partial charge in [0, 0.05) is 27.6 Å². The summed E-state index contributed by atoms with van der Waals surface area (Å²) in [5.74, 6) is 0. The van der Waals surface area contributed by atoms with Crippen molar-refractivity contribution in [1.82, 2.24) is 9.61 Å². The van der Waals surface area contributed by atoms with Gasteiger partial charge in [-0.1, -0.05) is 224 Å². The summed E-state index contributed by atoms with van der Waals surface area (Å²) in [6.45, 7) is 0. The summed E-state index contributed by atoms with van der Waals surface area (Å²) >= 11 is 0. The van der Waals surface area contributed by atoms with E-state index in [4.69, 9.17) is 5.10 Å². The topological polar surface area (TPSA) is 17.3 Å². The fourth-order valence-corrected chi connectivity index (χ4v) is 11.0. The minimum atomic E-state index is -0.401. The van der Waals surface area contributed by atoms with E-state index in [-0.39, 0.29) is 0 Å². The summed E-state index contributed by atoms with van der Waals surface area (Å²) in [7, 11) is 0. The summed E-state index contributed by atoms with van der Waals surface area (Å²) in [4.78, 5) is 0. The van der Waals surface area contributed by atoms with Gasteiger partial charge >= 0.3 is 0 Å². The number of nitrogens with zero attached hydrogens (tertiary/aromatic N) is 2. The zero-order valence-corrected chi connectivity index (χ0v) is 33.8. The van der Waals surface area contributed by atoms with E-state index < -0.39 is 5.41 Å². The van der Waals surface area contributed by atoms with Crippen LogP contribution >= 0.6 is 0 Å². The van der Waals surface area contributed by atoms with Crippen molar-refractivity contribution in [3.63, 3.8) is 0 Å². The highest BCUT2D eigenvalue weighted by atomic mass is 15.2. The van der Waals surface area contributed by atoms with Crippen molar-refractivity contribution in [1.29, 1.82) is 0 Å². The van der Waals surface area contributed by atoms with Crippen LogP contribution in [0.3, 0.4) is 0 Å². The van der Waals surface area contributed by atoms with E-state index in [2.05, 4.69) is 235 Å². The van der Waals surface area contributed by atoms with E-state index >= 15 is 0 Å². The Balaban J connectivity index is 1.10. The highest BCUT2D eigenvalue weighted by Gasteiger charge is 2.52. The Morgan fingerprint density at radius 2 is 0.774 bits per heavy atom. The average Bonchev–Trinajstić information content (AvgIpc) is 4.00. The van der Waals surface area contributed by atoms with Gasteiger partial charge in [0.05, 0.1) is 16.6 Å². The van der Waals surface area contributed by atoms with Crippen LogP contribution < -0.4 is 0 Å². The van der Waals surface area contributed by atoms with Crippen molar-refractivity contribution in [2.75, 3.05) is 0 Å². The summed E-state index contributed by atoms with van der Waals surface area (Å²) in [6.07, 6.45) is 0. The number of aromatic nitrogens is 2. The highest BCUT2D eigenvalue weighted by Crippen LogP contribution is 2.64. The second kappa shape index (κ2) is 13.5. The molecule has 0 N–H and O–H groups in total. The third-order valence-electron chi connectivity index (χ3n) is 13.4. The normalized spacial score (nSPS) is 13.0. The molecule has 0 amide bonds. The molecule has 2 nitrogen and oxygen atoms in total. The van der Waals surface area contributed by atoms with Gasteiger partial charge in [0.2, 0.25) is 0 Å². The zero-order valence-electron chi connectivity index (χ0n) is 33.8. The molecule has 62 heavy (non-hydrogen) atoms. The summed E-state index contributed by atoms with van der Waals surface area (Å²) < 4.78 is 2.24. The van der Waals surface area contributed by atoms with Gasteiger partial charge < -0.3 is 0 Å². The van der Waals surface area contributed by atoms with Crippen molar-refractivity contribution in [3.8, 4) is 78.1 Å². The van der Waals surface area contributed by atoms with Gasteiger partial charge in [0.25, 0.3) is 0 Å². The molecule has 0 saturated carbocycles. The number of pyridine rings is 1. The largest absolute Gasteiger partial charge is 0.231 e. The molecule has 0 aliphatic heterocycles. The van der Waals surface area contributed by atoms with Gasteiger partial charge in [-0.25, -0.2) is 4.52 Å². The second-order valence-corrected chi connectivity index (χ2v) is 16.5. The van der Waals surface area contributed by atoms with Gasteiger partial charge in [0.15, 0.2) is 0 Å². The molecule has 2 aliphatic carbocycles. The van der Waals surface area contributed by atoms with Crippen LogP contribution in [0.15, 0.2) is 231 Å². The molecule has 0 unspecified atom stereocenters. The van der Waals surface area contributed by atoms with Gasteiger partial charge in [-0.05, 0) is 78.2 Å². The van der Waals surface area contributed by atoms with Crippen molar-refractivity contribution in [2.45, 2.75) is 5.41 Å². The van der Waals surface area contributed by atoms with E-state index in [0.717, 1.165) is 55.7 Å². The zero-order chi connectivity index (χ0) is 40.8. The van der Waals surface area contributed by atoms with E-state index in [1.165, 1.54) is 61.0 Å². The number of hydrogen-bond acceptors (Lipinski definition) is 1. The van der Waals surface area contributed by atoms with Gasteiger partial charge in [0.1, 0.15) is 5.69 Å². The summed E-state index contributed by atoms with van der Waals surface area (Å²) in [5, 5.41) is 7.97. The number of fused-ring (bicyclic) bond motifs is 13. The van der Waals surface area contributed by atoms with Gasteiger partial charge in [-0.15, -0.1) is 0 Å². The molecule has 13 rings (SSSR count). The first-order valence-corrected chi connectivity index (χ1v) is 21.5. The van der Waals surface area contributed by atoms with E-state index in [1.807, 2.05) is 0 Å². The third kappa shape index (κ3) is 4.78. The van der Waals surface area contributed by atoms with Crippen LogP contribution in [0.5, 0.6) is 0 Å². The Hall–Kier alpha value is -8.07. The molecule has 2 aliphatic rings. The van der Waals surface area contributed by atoms with Gasteiger partial charge in [-0.3, -0.25) is 0 Å². The molecule has 2 aromatic heterocycles. The Labute approximate surface area is 360 Å². The van der Waals surface area contributed by atoms with E-state index in [0.29, 0.717) is 0 Å². The number of benzene rings is 9.